The molecule has 2 amide bonds. The molecule has 8 nitrogen and oxygen atoms in total. The van der Waals surface area contributed by atoms with Crippen LogP contribution in [0.2, 0.25) is 0 Å². The lowest BCUT2D eigenvalue weighted by molar-refractivity contribution is -0.274. The summed E-state index contributed by atoms with van der Waals surface area (Å²) in [5.74, 6) is -2.15. The number of benzene rings is 2. The zero-order valence-corrected chi connectivity index (χ0v) is 19.0. The molecule has 1 atom stereocenters. The Hall–Kier alpha value is -3.76. The fourth-order valence-corrected chi connectivity index (χ4v) is 3.79. The summed E-state index contributed by atoms with van der Waals surface area (Å²) in [7, 11) is 1.19. The van der Waals surface area contributed by atoms with Gasteiger partial charge in [-0.2, -0.15) is 0 Å². The molecule has 0 aliphatic carbocycles. The molecule has 1 heterocycles. The van der Waals surface area contributed by atoms with Crippen LogP contribution in [0.15, 0.2) is 54.6 Å². The number of nitrogens with one attached hydrogen (secondary N) is 2. The molecule has 35 heavy (non-hydrogen) atoms. The predicted molar refractivity (Wildman–Crippen MR) is 121 cm³/mol. The van der Waals surface area contributed by atoms with Crippen molar-refractivity contribution >= 4 is 23.5 Å². The number of piperidine rings is 1. The summed E-state index contributed by atoms with van der Waals surface area (Å²) in [5, 5.41) is 5.26. The second kappa shape index (κ2) is 11.6. The van der Waals surface area contributed by atoms with Gasteiger partial charge in [0, 0.05) is 42.9 Å². The van der Waals surface area contributed by atoms with Gasteiger partial charge < -0.3 is 25.0 Å². The molecule has 2 aromatic rings. The minimum Gasteiger partial charge on any atom is -0.467 e. The maximum Gasteiger partial charge on any atom is 0.573 e. The number of amides is 2. The molecule has 1 unspecified atom stereocenters. The van der Waals surface area contributed by atoms with Crippen LogP contribution in [0.25, 0.3) is 0 Å². The molecule has 0 spiro atoms. The Bertz CT molecular complexity index is 1020. The number of methoxy groups -OCH3 is 1. The molecular weight excluding hydrogens is 467 g/mol. The van der Waals surface area contributed by atoms with E-state index in [1.165, 1.54) is 25.3 Å². The monoisotopic (exact) mass is 493 g/mol. The van der Waals surface area contributed by atoms with Crippen molar-refractivity contribution in [1.82, 2.24) is 10.6 Å². The average Bonchev–Trinajstić information content (AvgIpc) is 2.85. The zero-order chi connectivity index (χ0) is 25.4. The second-order valence-corrected chi connectivity index (χ2v) is 7.97. The summed E-state index contributed by atoms with van der Waals surface area (Å²) in [4.78, 5) is 39.1. The number of ether oxygens (including phenoxy) is 2. The Balaban J connectivity index is 1.54. The lowest BCUT2D eigenvalue weighted by Gasteiger charge is -2.33. The van der Waals surface area contributed by atoms with Crippen LogP contribution in [0.4, 0.5) is 18.9 Å². The SMILES string of the molecule is COC(=O)C(CNC(=O)c1ccccc1)NC(=O)C1CCN(c2cccc(OC(F)(F)F)c2)CC1. The third-order valence-corrected chi connectivity index (χ3v) is 5.59. The van der Waals surface area contributed by atoms with E-state index >= 15 is 0 Å². The molecule has 1 aliphatic heterocycles. The van der Waals surface area contributed by atoms with Gasteiger partial charge in [0.1, 0.15) is 11.8 Å². The molecule has 2 N–H and O–H groups in total. The van der Waals surface area contributed by atoms with E-state index in [1.807, 2.05) is 4.90 Å². The van der Waals surface area contributed by atoms with Gasteiger partial charge in [-0.3, -0.25) is 9.59 Å². The number of nitrogens with zero attached hydrogens (tertiary/aromatic N) is 1. The average molecular weight is 493 g/mol. The fourth-order valence-electron chi connectivity index (χ4n) is 3.79. The van der Waals surface area contributed by atoms with Gasteiger partial charge in [-0.1, -0.05) is 24.3 Å². The Kier molecular flexibility index (Phi) is 8.56. The van der Waals surface area contributed by atoms with Crippen LogP contribution in [0, 0.1) is 5.92 Å². The van der Waals surface area contributed by atoms with Crippen molar-refractivity contribution in [2.75, 3.05) is 31.6 Å². The predicted octanol–water partition coefficient (Wildman–Crippen LogP) is 2.89. The highest BCUT2D eigenvalue weighted by Crippen LogP contribution is 2.29. The number of rotatable bonds is 8. The van der Waals surface area contributed by atoms with Gasteiger partial charge in [0.25, 0.3) is 5.91 Å². The molecule has 0 radical (unpaired) electrons. The topological polar surface area (TPSA) is 97.0 Å². The highest BCUT2D eigenvalue weighted by molar-refractivity contribution is 5.94. The molecule has 0 aromatic heterocycles. The van der Waals surface area contributed by atoms with E-state index in [1.54, 1.807) is 36.4 Å². The van der Waals surface area contributed by atoms with E-state index in [-0.39, 0.29) is 18.2 Å². The number of alkyl halides is 3. The Morgan fingerprint density at radius 3 is 2.37 bits per heavy atom. The van der Waals surface area contributed by atoms with E-state index in [9.17, 15) is 27.6 Å². The third-order valence-electron chi connectivity index (χ3n) is 5.59. The number of carbonyl (C=O) groups excluding carboxylic acids is 3. The molecule has 11 heteroatoms. The van der Waals surface area contributed by atoms with Crippen LogP contribution in [0.5, 0.6) is 5.75 Å². The molecule has 1 aliphatic rings. The number of anilines is 1. The molecule has 0 saturated carbocycles. The number of halogens is 3. The molecule has 188 valence electrons. The third kappa shape index (κ3) is 7.62. The number of hydrogen-bond donors (Lipinski definition) is 2. The molecular formula is C24H26F3N3O5. The summed E-state index contributed by atoms with van der Waals surface area (Å²) < 4.78 is 46.2. The van der Waals surface area contributed by atoms with E-state index in [4.69, 9.17) is 4.74 Å². The van der Waals surface area contributed by atoms with Crippen molar-refractivity contribution in [1.29, 1.82) is 0 Å². The van der Waals surface area contributed by atoms with E-state index < -0.39 is 30.2 Å². The Morgan fingerprint density at radius 1 is 1.06 bits per heavy atom. The van der Waals surface area contributed by atoms with Crippen molar-refractivity contribution in [3.63, 3.8) is 0 Å². The van der Waals surface area contributed by atoms with Gasteiger partial charge in [0.05, 0.1) is 7.11 Å². The first-order valence-corrected chi connectivity index (χ1v) is 11.0. The first kappa shape index (κ1) is 25.9. The largest absolute Gasteiger partial charge is 0.573 e. The van der Waals surface area contributed by atoms with Crippen molar-refractivity contribution in [2.24, 2.45) is 5.92 Å². The first-order chi connectivity index (χ1) is 16.7. The molecule has 2 aromatic carbocycles. The van der Waals surface area contributed by atoms with Crippen molar-refractivity contribution < 1.29 is 37.0 Å². The second-order valence-electron chi connectivity index (χ2n) is 7.97. The lowest BCUT2D eigenvalue weighted by atomic mass is 9.95. The maximum absolute atomic E-state index is 12.8. The minimum absolute atomic E-state index is 0.142. The Morgan fingerprint density at radius 2 is 1.74 bits per heavy atom. The van der Waals surface area contributed by atoms with Gasteiger partial charge in [0.15, 0.2) is 0 Å². The quantitative estimate of drug-likeness (QED) is 0.549. The zero-order valence-electron chi connectivity index (χ0n) is 19.0. The fraction of sp³-hybridized carbons (Fsp3) is 0.375. The normalized spacial score (nSPS) is 15.1. The van der Waals surface area contributed by atoms with E-state index in [2.05, 4.69) is 15.4 Å². The smallest absolute Gasteiger partial charge is 0.467 e. The summed E-state index contributed by atoms with van der Waals surface area (Å²) in [5.41, 5.74) is 0.973. The lowest BCUT2D eigenvalue weighted by Crippen LogP contribution is -2.51. The van der Waals surface area contributed by atoms with Crippen LogP contribution in [0.3, 0.4) is 0 Å². The van der Waals surface area contributed by atoms with Gasteiger partial charge in [0.2, 0.25) is 5.91 Å². The number of hydrogen-bond acceptors (Lipinski definition) is 6. The maximum atomic E-state index is 12.8. The van der Waals surface area contributed by atoms with Crippen molar-refractivity contribution in [3.8, 4) is 5.75 Å². The Labute approximate surface area is 200 Å². The molecule has 1 saturated heterocycles. The van der Waals surface area contributed by atoms with Crippen molar-refractivity contribution in [2.45, 2.75) is 25.2 Å². The van der Waals surface area contributed by atoms with Crippen LogP contribution < -0.4 is 20.3 Å². The number of esters is 1. The molecule has 0 bridgehead atoms. The summed E-state index contributed by atoms with van der Waals surface area (Å²) in [6, 6.07) is 13.0. The van der Waals surface area contributed by atoms with Crippen LogP contribution in [0.1, 0.15) is 23.2 Å². The van der Waals surface area contributed by atoms with Crippen LogP contribution >= 0.6 is 0 Å². The highest BCUT2D eigenvalue weighted by Gasteiger charge is 2.32. The van der Waals surface area contributed by atoms with Gasteiger partial charge in [-0.25, -0.2) is 4.79 Å². The number of carbonyl (C=O) groups is 3. The summed E-state index contributed by atoms with van der Waals surface area (Å²) >= 11 is 0. The summed E-state index contributed by atoms with van der Waals surface area (Å²) in [6.45, 7) is 0.722. The van der Waals surface area contributed by atoms with Gasteiger partial charge >= 0.3 is 12.3 Å². The summed E-state index contributed by atoms with van der Waals surface area (Å²) in [6.07, 6.45) is -3.92. The van der Waals surface area contributed by atoms with Gasteiger partial charge in [-0.05, 0) is 37.1 Å². The van der Waals surface area contributed by atoms with Crippen LogP contribution in [-0.2, 0) is 14.3 Å². The van der Waals surface area contributed by atoms with Crippen LogP contribution in [-0.4, -0.2) is 56.9 Å². The minimum atomic E-state index is -4.78. The van der Waals surface area contributed by atoms with Gasteiger partial charge in [-0.15, -0.1) is 13.2 Å². The van der Waals surface area contributed by atoms with E-state index in [0.717, 1.165) is 0 Å². The standard InChI is InChI=1S/C24H26F3N3O5/c1-34-23(33)20(15-28-21(31)16-6-3-2-4-7-16)29-22(32)17-10-12-30(13-11-17)18-8-5-9-19(14-18)35-24(25,26)27/h2-9,14,17,20H,10-13,15H2,1H3,(H,28,31)(H,29,32). The molecule has 3 rings (SSSR count). The van der Waals surface area contributed by atoms with Crippen molar-refractivity contribution in [3.05, 3.63) is 60.2 Å². The van der Waals surface area contributed by atoms with E-state index in [0.29, 0.717) is 37.2 Å². The first-order valence-electron chi connectivity index (χ1n) is 11.0. The highest BCUT2D eigenvalue weighted by atomic mass is 19.4. The molecule has 1 fully saturated rings.